The molecule has 0 spiro atoms. The molecule has 0 atom stereocenters. The Labute approximate surface area is 230 Å². The van der Waals surface area contributed by atoms with Gasteiger partial charge in [-0.3, -0.25) is 9.58 Å². The van der Waals surface area contributed by atoms with Gasteiger partial charge in [0, 0.05) is 42.2 Å². The van der Waals surface area contributed by atoms with Crippen molar-refractivity contribution >= 4 is 44.0 Å². The van der Waals surface area contributed by atoms with Gasteiger partial charge in [-0.05, 0) is 58.5 Å². The number of pyridine rings is 1. The van der Waals surface area contributed by atoms with Crippen molar-refractivity contribution in [3.63, 3.8) is 0 Å². The third-order valence-electron chi connectivity index (χ3n) is 7.49. The van der Waals surface area contributed by atoms with E-state index < -0.39 is 10.0 Å². The maximum absolute atomic E-state index is 14.1. The first-order chi connectivity index (χ1) is 18.1. The lowest BCUT2D eigenvalue weighted by molar-refractivity contribution is 0.0574. The first kappa shape index (κ1) is 25.2. The number of hydrogen-bond donors (Lipinski definition) is 0. The van der Waals surface area contributed by atoms with Gasteiger partial charge in [-0.15, -0.1) is 11.3 Å². The van der Waals surface area contributed by atoms with E-state index in [1.807, 2.05) is 19.2 Å². The summed E-state index contributed by atoms with van der Waals surface area (Å²) in [6.45, 7) is 1.92. The SMILES string of the molecule is Cc1ccc(S(=O)(=O)n2c(-c3cnn(C)c3)cc3c(-c4cnc(C5(N(C)C)CCC5)s4)c(Cl)cnc32)cc1. The third-order valence-corrected chi connectivity index (χ3v) is 10.7. The number of thiazole rings is 1. The molecule has 4 heterocycles. The molecular weight excluding hydrogens is 540 g/mol. The average molecular weight is 567 g/mol. The van der Waals surface area contributed by atoms with Gasteiger partial charge >= 0.3 is 0 Å². The number of fused-ring (bicyclic) bond motifs is 1. The Morgan fingerprint density at radius 1 is 1.08 bits per heavy atom. The predicted molar refractivity (Wildman–Crippen MR) is 151 cm³/mol. The molecule has 4 aromatic heterocycles. The summed E-state index contributed by atoms with van der Waals surface area (Å²) in [5.41, 5.74) is 3.08. The minimum absolute atomic E-state index is 0.0664. The molecule has 0 aliphatic heterocycles. The van der Waals surface area contributed by atoms with Crippen LogP contribution in [0.4, 0.5) is 0 Å². The zero-order valence-corrected chi connectivity index (χ0v) is 23.9. The fourth-order valence-electron chi connectivity index (χ4n) is 5.13. The van der Waals surface area contributed by atoms with Gasteiger partial charge in [0.15, 0.2) is 5.65 Å². The van der Waals surface area contributed by atoms with Crippen molar-refractivity contribution < 1.29 is 8.42 Å². The highest BCUT2D eigenvalue weighted by Gasteiger charge is 2.43. The number of nitrogens with zero attached hydrogens (tertiary/aromatic N) is 6. The van der Waals surface area contributed by atoms with Crippen molar-refractivity contribution in [1.82, 2.24) is 28.6 Å². The summed E-state index contributed by atoms with van der Waals surface area (Å²) in [5.74, 6) is 0. The summed E-state index contributed by atoms with van der Waals surface area (Å²) >= 11 is 8.37. The largest absolute Gasteiger partial charge is 0.298 e. The standard InChI is InChI=1S/C27H27ClN6O2S2/c1-17-6-8-19(9-7-17)38(35,36)34-22(18-13-31-33(4)16-18)12-20-24(21(28)14-29-25(20)34)23-15-30-26(37-23)27(32(2)3)10-5-11-27/h6-9,12-16H,5,10-11H2,1-4H3. The highest BCUT2D eigenvalue weighted by Crippen LogP contribution is 2.49. The monoisotopic (exact) mass is 566 g/mol. The molecule has 6 rings (SSSR count). The fourth-order valence-corrected chi connectivity index (χ4v) is 8.24. The molecule has 0 bridgehead atoms. The van der Waals surface area contributed by atoms with E-state index in [1.54, 1.807) is 59.7 Å². The summed E-state index contributed by atoms with van der Waals surface area (Å²) < 4.78 is 31.1. The Kier molecular flexibility index (Phi) is 5.99. The van der Waals surface area contributed by atoms with Crippen molar-refractivity contribution in [3.05, 3.63) is 70.7 Å². The molecule has 8 nitrogen and oxygen atoms in total. The minimum Gasteiger partial charge on any atom is -0.298 e. The van der Waals surface area contributed by atoms with E-state index >= 15 is 0 Å². The molecule has 1 aliphatic rings. The maximum Gasteiger partial charge on any atom is 0.269 e. The number of rotatable bonds is 6. The summed E-state index contributed by atoms with van der Waals surface area (Å²) in [4.78, 5) is 12.7. The second kappa shape index (κ2) is 9.01. The molecule has 0 amide bonds. The minimum atomic E-state index is -3.99. The van der Waals surface area contributed by atoms with Crippen LogP contribution in [0.3, 0.4) is 0 Å². The lowest BCUT2D eigenvalue weighted by atomic mass is 9.76. The van der Waals surface area contributed by atoms with Gasteiger partial charge in [0.05, 0.1) is 32.2 Å². The lowest BCUT2D eigenvalue weighted by Crippen LogP contribution is -2.46. The van der Waals surface area contributed by atoms with Crippen LogP contribution in [0.25, 0.3) is 32.7 Å². The topological polar surface area (TPSA) is 85.9 Å². The van der Waals surface area contributed by atoms with E-state index in [0.717, 1.165) is 33.9 Å². The number of aryl methyl sites for hydroxylation is 2. The van der Waals surface area contributed by atoms with Crippen LogP contribution < -0.4 is 0 Å². The number of benzene rings is 1. The maximum atomic E-state index is 14.1. The summed E-state index contributed by atoms with van der Waals surface area (Å²) in [5, 5.41) is 6.42. The molecule has 5 aromatic rings. The first-order valence-electron chi connectivity index (χ1n) is 12.3. The molecule has 1 fully saturated rings. The van der Waals surface area contributed by atoms with E-state index in [4.69, 9.17) is 16.6 Å². The van der Waals surface area contributed by atoms with Crippen LogP contribution in [0.5, 0.6) is 0 Å². The second-order valence-electron chi connectivity index (χ2n) is 10.0. The van der Waals surface area contributed by atoms with Gasteiger partial charge in [-0.1, -0.05) is 29.3 Å². The van der Waals surface area contributed by atoms with Crippen molar-refractivity contribution in [3.8, 4) is 21.7 Å². The highest BCUT2D eigenvalue weighted by atomic mass is 35.5. The Bertz CT molecular complexity index is 1780. The smallest absolute Gasteiger partial charge is 0.269 e. The van der Waals surface area contributed by atoms with Gasteiger partial charge in [0.1, 0.15) is 5.01 Å². The number of hydrogen-bond acceptors (Lipinski definition) is 7. The van der Waals surface area contributed by atoms with E-state index in [9.17, 15) is 8.42 Å². The first-order valence-corrected chi connectivity index (χ1v) is 14.9. The van der Waals surface area contributed by atoms with E-state index in [1.165, 1.54) is 16.6 Å². The highest BCUT2D eigenvalue weighted by molar-refractivity contribution is 7.90. The van der Waals surface area contributed by atoms with Crippen LogP contribution in [0.1, 0.15) is 29.8 Å². The summed E-state index contributed by atoms with van der Waals surface area (Å²) in [6, 6.07) is 8.66. The normalized spacial score (nSPS) is 15.3. The van der Waals surface area contributed by atoms with Gasteiger partial charge in [0.2, 0.25) is 0 Å². The second-order valence-corrected chi connectivity index (χ2v) is 13.3. The molecule has 0 unspecified atom stereocenters. The zero-order valence-electron chi connectivity index (χ0n) is 21.5. The Hall–Kier alpha value is -3.05. The third kappa shape index (κ3) is 3.81. The molecular formula is C27H27ClN6O2S2. The van der Waals surface area contributed by atoms with Crippen molar-refractivity contribution in [2.24, 2.45) is 7.05 Å². The van der Waals surface area contributed by atoms with Gasteiger partial charge in [-0.2, -0.15) is 5.10 Å². The molecule has 0 N–H and O–H groups in total. The van der Waals surface area contributed by atoms with E-state index in [0.29, 0.717) is 27.3 Å². The molecule has 1 aliphatic carbocycles. The summed E-state index contributed by atoms with van der Waals surface area (Å²) in [7, 11) is 1.99. The molecule has 0 saturated heterocycles. The molecule has 196 valence electrons. The Balaban J connectivity index is 1.61. The Morgan fingerprint density at radius 2 is 1.82 bits per heavy atom. The van der Waals surface area contributed by atoms with Crippen LogP contribution in [-0.2, 0) is 22.6 Å². The van der Waals surface area contributed by atoms with Crippen molar-refractivity contribution in [2.75, 3.05) is 14.1 Å². The fraction of sp³-hybridized carbons (Fsp3) is 0.296. The van der Waals surface area contributed by atoms with Crippen molar-refractivity contribution in [1.29, 1.82) is 0 Å². The van der Waals surface area contributed by atoms with Gasteiger partial charge in [0.25, 0.3) is 10.0 Å². The Morgan fingerprint density at radius 3 is 2.42 bits per heavy atom. The lowest BCUT2D eigenvalue weighted by Gasteiger charge is -2.45. The van der Waals surface area contributed by atoms with Crippen LogP contribution in [0.15, 0.2) is 60.0 Å². The molecule has 1 saturated carbocycles. The van der Waals surface area contributed by atoms with Crippen LogP contribution in [0, 0.1) is 6.92 Å². The average Bonchev–Trinajstić information content (AvgIpc) is 3.57. The molecule has 38 heavy (non-hydrogen) atoms. The summed E-state index contributed by atoms with van der Waals surface area (Å²) in [6.07, 6.45) is 10.1. The van der Waals surface area contributed by atoms with Crippen molar-refractivity contribution in [2.45, 2.75) is 36.6 Å². The molecule has 1 aromatic carbocycles. The van der Waals surface area contributed by atoms with Crippen LogP contribution in [0.2, 0.25) is 5.02 Å². The number of aromatic nitrogens is 5. The van der Waals surface area contributed by atoms with Crippen LogP contribution >= 0.6 is 22.9 Å². The number of halogens is 1. The quantitative estimate of drug-likeness (QED) is 0.262. The van der Waals surface area contributed by atoms with Crippen LogP contribution in [-0.4, -0.2) is 51.1 Å². The zero-order chi connectivity index (χ0) is 26.8. The van der Waals surface area contributed by atoms with Gasteiger partial charge < -0.3 is 0 Å². The van der Waals surface area contributed by atoms with Gasteiger partial charge in [-0.25, -0.2) is 22.4 Å². The van der Waals surface area contributed by atoms with E-state index in [2.05, 4.69) is 29.1 Å². The molecule has 0 radical (unpaired) electrons. The predicted octanol–water partition coefficient (Wildman–Crippen LogP) is 5.70. The van der Waals surface area contributed by atoms with E-state index in [-0.39, 0.29) is 10.4 Å². The molecule has 11 heteroatoms.